The molecule has 2 rings (SSSR count). The van der Waals surface area contributed by atoms with E-state index in [0.29, 0.717) is 17.0 Å². The highest BCUT2D eigenvalue weighted by molar-refractivity contribution is 7.99. The van der Waals surface area contributed by atoms with Gasteiger partial charge in [-0.2, -0.15) is 11.8 Å². The van der Waals surface area contributed by atoms with Gasteiger partial charge in [0.15, 0.2) is 0 Å². The van der Waals surface area contributed by atoms with Gasteiger partial charge in [0.2, 0.25) is 0 Å². The lowest BCUT2D eigenvalue weighted by atomic mass is 10.0. The van der Waals surface area contributed by atoms with Crippen LogP contribution in [0.5, 0.6) is 0 Å². The third-order valence-corrected chi connectivity index (χ3v) is 4.65. The zero-order chi connectivity index (χ0) is 10.7. The number of carbonyl (C=O) groups excluding carboxylic acids is 1. The van der Waals surface area contributed by atoms with E-state index in [-0.39, 0.29) is 0 Å². The first-order chi connectivity index (χ1) is 7.25. The number of nitrogens with zero attached hydrogens (tertiary/aromatic N) is 1. The van der Waals surface area contributed by atoms with Crippen molar-refractivity contribution in [1.82, 2.24) is 4.90 Å². The van der Waals surface area contributed by atoms with Gasteiger partial charge in [0.25, 0.3) is 0 Å². The Morgan fingerprint density at radius 2 is 2.13 bits per heavy atom. The van der Waals surface area contributed by atoms with Crippen LogP contribution in [0.25, 0.3) is 0 Å². The SMILES string of the molecule is CC1CN(CC(=O)C2CCCC2)CCS1. The molecule has 2 nitrogen and oxygen atoms in total. The second-order valence-electron chi connectivity index (χ2n) is 4.86. The molecule has 2 aliphatic rings. The number of Topliss-reactive ketones (excluding diaryl/α,β-unsaturated/α-hetero) is 1. The molecule has 0 spiro atoms. The number of ketones is 1. The van der Waals surface area contributed by atoms with Crippen LogP contribution in [0.1, 0.15) is 32.6 Å². The van der Waals surface area contributed by atoms with E-state index >= 15 is 0 Å². The Labute approximate surface area is 96.8 Å². The van der Waals surface area contributed by atoms with Crippen LogP contribution in [-0.4, -0.2) is 41.3 Å². The van der Waals surface area contributed by atoms with Crippen molar-refractivity contribution in [2.45, 2.75) is 37.9 Å². The fourth-order valence-corrected chi connectivity index (χ4v) is 3.71. The quantitative estimate of drug-likeness (QED) is 0.737. The normalized spacial score (nSPS) is 29.5. The Bertz CT molecular complexity index is 226. The minimum Gasteiger partial charge on any atom is -0.298 e. The molecular formula is C12H21NOS. The van der Waals surface area contributed by atoms with E-state index < -0.39 is 0 Å². The van der Waals surface area contributed by atoms with E-state index in [1.165, 1.54) is 18.6 Å². The summed E-state index contributed by atoms with van der Waals surface area (Å²) in [6.07, 6.45) is 4.83. The molecule has 3 heteroatoms. The monoisotopic (exact) mass is 227 g/mol. The molecule has 1 aliphatic heterocycles. The molecule has 86 valence electrons. The lowest BCUT2D eigenvalue weighted by Gasteiger charge is -2.30. The first-order valence-electron chi connectivity index (χ1n) is 6.12. The highest BCUT2D eigenvalue weighted by atomic mass is 32.2. The van der Waals surface area contributed by atoms with Crippen LogP contribution in [0.4, 0.5) is 0 Å². The number of thioether (sulfide) groups is 1. The first kappa shape index (κ1) is 11.5. The fraction of sp³-hybridized carbons (Fsp3) is 0.917. The van der Waals surface area contributed by atoms with Gasteiger partial charge in [0.1, 0.15) is 5.78 Å². The molecule has 1 saturated heterocycles. The van der Waals surface area contributed by atoms with Gasteiger partial charge in [-0.3, -0.25) is 9.69 Å². The molecule has 1 heterocycles. The standard InChI is InChI=1S/C12H21NOS/c1-10-8-13(6-7-15-10)9-12(14)11-4-2-3-5-11/h10-11H,2-9H2,1H3. The molecule has 0 bridgehead atoms. The van der Waals surface area contributed by atoms with Crippen LogP contribution in [0.15, 0.2) is 0 Å². The zero-order valence-corrected chi connectivity index (χ0v) is 10.4. The van der Waals surface area contributed by atoms with Gasteiger partial charge in [-0.25, -0.2) is 0 Å². The lowest BCUT2D eigenvalue weighted by Crippen LogP contribution is -2.41. The summed E-state index contributed by atoms with van der Waals surface area (Å²) in [7, 11) is 0. The minimum atomic E-state index is 0.398. The minimum absolute atomic E-state index is 0.398. The molecule has 0 radical (unpaired) electrons. The summed E-state index contributed by atoms with van der Waals surface area (Å²) in [6.45, 7) is 5.18. The van der Waals surface area contributed by atoms with Crippen LogP contribution in [0.2, 0.25) is 0 Å². The van der Waals surface area contributed by atoms with E-state index in [9.17, 15) is 4.79 Å². The van der Waals surface area contributed by atoms with Gasteiger partial charge in [0, 0.05) is 30.0 Å². The van der Waals surface area contributed by atoms with Crippen molar-refractivity contribution < 1.29 is 4.79 Å². The van der Waals surface area contributed by atoms with E-state index in [0.717, 1.165) is 32.5 Å². The Kier molecular flexibility index (Phi) is 4.09. The van der Waals surface area contributed by atoms with Gasteiger partial charge in [-0.05, 0) is 12.8 Å². The summed E-state index contributed by atoms with van der Waals surface area (Å²) in [5.41, 5.74) is 0. The summed E-state index contributed by atoms with van der Waals surface area (Å²) in [6, 6.07) is 0. The summed E-state index contributed by atoms with van der Waals surface area (Å²) in [5, 5.41) is 0.704. The molecule has 0 amide bonds. The molecule has 1 unspecified atom stereocenters. The van der Waals surface area contributed by atoms with Crippen molar-refractivity contribution in [3.05, 3.63) is 0 Å². The summed E-state index contributed by atoms with van der Waals surface area (Å²) < 4.78 is 0. The van der Waals surface area contributed by atoms with Gasteiger partial charge < -0.3 is 0 Å². The van der Waals surface area contributed by atoms with Gasteiger partial charge in [0.05, 0.1) is 6.54 Å². The molecule has 0 N–H and O–H groups in total. The zero-order valence-electron chi connectivity index (χ0n) is 9.58. The topological polar surface area (TPSA) is 20.3 Å². The largest absolute Gasteiger partial charge is 0.298 e. The van der Waals surface area contributed by atoms with Crippen LogP contribution in [0.3, 0.4) is 0 Å². The van der Waals surface area contributed by atoms with Crippen molar-refractivity contribution in [3.63, 3.8) is 0 Å². The first-order valence-corrected chi connectivity index (χ1v) is 7.17. The molecule has 1 aliphatic carbocycles. The van der Waals surface area contributed by atoms with Crippen LogP contribution >= 0.6 is 11.8 Å². The van der Waals surface area contributed by atoms with E-state index in [1.807, 2.05) is 11.8 Å². The number of hydrogen-bond donors (Lipinski definition) is 0. The van der Waals surface area contributed by atoms with E-state index in [1.54, 1.807) is 0 Å². The predicted molar refractivity (Wildman–Crippen MR) is 65.3 cm³/mol. The molecular weight excluding hydrogens is 206 g/mol. The molecule has 0 aromatic rings. The number of hydrogen-bond acceptors (Lipinski definition) is 3. The predicted octanol–water partition coefficient (Wildman–Crippen LogP) is 2.18. The van der Waals surface area contributed by atoms with Crippen molar-refractivity contribution in [3.8, 4) is 0 Å². The van der Waals surface area contributed by atoms with Crippen LogP contribution in [0, 0.1) is 5.92 Å². The number of rotatable bonds is 3. The molecule has 1 atom stereocenters. The van der Waals surface area contributed by atoms with Crippen LogP contribution in [-0.2, 0) is 4.79 Å². The van der Waals surface area contributed by atoms with Crippen LogP contribution < -0.4 is 0 Å². The third kappa shape index (κ3) is 3.22. The maximum absolute atomic E-state index is 12.0. The Morgan fingerprint density at radius 1 is 1.40 bits per heavy atom. The smallest absolute Gasteiger partial charge is 0.149 e. The fourth-order valence-electron chi connectivity index (χ4n) is 2.63. The Balaban J connectivity index is 1.77. The second kappa shape index (κ2) is 5.35. The number of carbonyl (C=O) groups is 1. The van der Waals surface area contributed by atoms with Gasteiger partial charge in [-0.1, -0.05) is 19.8 Å². The summed E-state index contributed by atoms with van der Waals surface area (Å²) in [5.74, 6) is 2.10. The Morgan fingerprint density at radius 3 is 2.80 bits per heavy atom. The Hall–Kier alpha value is -0.0200. The molecule has 0 aromatic heterocycles. The molecule has 0 aromatic carbocycles. The van der Waals surface area contributed by atoms with Crippen molar-refractivity contribution in [1.29, 1.82) is 0 Å². The summed E-state index contributed by atoms with van der Waals surface area (Å²) >= 11 is 2.03. The maximum atomic E-state index is 12.0. The average Bonchev–Trinajstić information content (AvgIpc) is 2.70. The summed E-state index contributed by atoms with van der Waals surface area (Å²) in [4.78, 5) is 14.3. The van der Waals surface area contributed by atoms with Gasteiger partial charge in [-0.15, -0.1) is 0 Å². The second-order valence-corrected chi connectivity index (χ2v) is 6.41. The molecule has 1 saturated carbocycles. The van der Waals surface area contributed by atoms with Crippen molar-refractivity contribution in [2.75, 3.05) is 25.4 Å². The van der Waals surface area contributed by atoms with E-state index in [2.05, 4.69) is 11.8 Å². The van der Waals surface area contributed by atoms with Gasteiger partial charge >= 0.3 is 0 Å². The van der Waals surface area contributed by atoms with Crippen molar-refractivity contribution in [2.24, 2.45) is 5.92 Å². The highest BCUT2D eigenvalue weighted by Crippen LogP contribution is 2.26. The average molecular weight is 227 g/mol. The van der Waals surface area contributed by atoms with Crippen molar-refractivity contribution >= 4 is 17.5 Å². The molecule has 2 fully saturated rings. The maximum Gasteiger partial charge on any atom is 0.149 e. The highest BCUT2D eigenvalue weighted by Gasteiger charge is 2.25. The van der Waals surface area contributed by atoms with E-state index in [4.69, 9.17) is 0 Å². The lowest BCUT2D eigenvalue weighted by molar-refractivity contribution is -0.123. The molecule has 15 heavy (non-hydrogen) atoms. The third-order valence-electron chi connectivity index (χ3n) is 3.52.